The molecular formula is C17H29N5. The lowest BCUT2D eigenvalue weighted by Gasteiger charge is -2.35. The minimum absolute atomic E-state index is 0.424. The fraction of sp³-hybridized carbons (Fsp3) is 0.588. The molecule has 0 spiro atoms. The Morgan fingerprint density at radius 2 is 1.77 bits per heavy atom. The maximum absolute atomic E-state index is 6.02. The molecule has 1 aromatic carbocycles. The summed E-state index contributed by atoms with van der Waals surface area (Å²) in [5, 5.41) is 3.19. The number of likely N-dealkylation sites (N-methyl/N-ethyl adjacent to an activating group) is 1. The number of aliphatic imine (C=N–C) groups is 1. The Balaban J connectivity index is 1.86. The SMILES string of the molecule is Cc1cc(C)cc(NC(N)=NCC(C)N2CCN(C)CC2)c1. The monoisotopic (exact) mass is 303 g/mol. The summed E-state index contributed by atoms with van der Waals surface area (Å²) in [4.78, 5) is 9.34. The van der Waals surface area contributed by atoms with Gasteiger partial charge in [0.1, 0.15) is 0 Å². The first-order valence-corrected chi connectivity index (χ1v) is 8.02. The van der Waals surface area contributed by atoms with Gasteiger partial charge >= 0.3 is 0 Å². The van der Waals surface area contributed by atoms with E-state index in [0.717, 1.165) is 38.4 Å². The Morgan fingerprint density at radius 1 is 1.18 bits per heavy atom. The standard InChI is InChI=1S/C17H29N5/c1-13-9-14(2)11-16(10-13)20-17(18)19-12-15(3)22-7-5-21(4)6-8-22/h9-11,15H,5-8,12H2,1-4H3,(H3,18,19,20). The molecule has 3 N–H and O–H groups in total. The van der Waals surface area contributed by atoms with Crippen molar-refractivity contribution in [2.24, 2.45) is 10.7 Å². The van der Waals surface area contributed by atoms with Crippen molar-refractivity contribution in [2.45, 2.75) is 26.8 Å². The second-order valence-corrected chi connectivity index (χ2v) is 6.42. The van der Waals surface area contributed by atoms with Crippen molar-refractivity contribution in [1.29, 1.82) is 0 Å². The first kappa shape index (κ1) is 16.8. The Morgan fingerprint density at radius 3 is 2.36 bits per heavy atom. The molecule has 1 aliphatic heterocycles. The van der Waals surface area contributed by atoms with Gasteiger partial charge < -0.3 is 16.0 Å². The van der Waals surface area contributed by atoms with Crippen molar-refractivity contribution >= 4 is 11.6 Å². The van der Waals surface area contributed by atoms with Crippen LogP contribution in [-0.2, 0) is 0 Å². The lowest BCUT2D eigenvalue weighted by atomic mass is 10.1. The van der Waals surface area contributed by atoms with Crippen LogP contribution in [0.4, 0.5) is 5.69 Å². The molecule has 5 nitrogen and oxygen atoms in total. The van der Waals surface area contributed by atoms with Crippen LogP contribution in [0.1, 0.15) is 18.1 Å². The van der Waals surface area contributed by atoms with Crippen molar-refractivity contribution in [1.82, 2.24) is 9.80 Å². The molecule has 1 atom stereocenters. The van der Waals surface area contributed by atoms with E-state index < -0.39 is 0 Å². The van der Waals surface area contributed by atoms with Gasteiger partial charge in [-0.15, -0.1) is 0 Å². The molecule has 1 aromatic rings. The van der Waals surface area contributed by atoms with E-state index in [1.807, 2.05) is 0 Å². The van der Waals surface area contributed by atoms with Gasteiger partial charge in [0.2, 0.25) is 0 Å². The van der Waals surface area contributed by atoms with E-state index >= 15 is 0 Å². The molecule has 0 aromatic heterocycles. The summed E-state index contributed by atoms with van der Waals surface area (Å²) in [6.07, 6.45) is 0. The van der Waals surface area contributed by atoms with Crippen LogP contribution in [0.3, 0.4) is 0 Å². The molecular weight excluding hydrogens is 274 g/mol. The number of hydrogen-bond donors (Lipinski definition) is 2. The number of anilines is 1. The molecule has 22 heavy (non-hydrogen) atoms. The van der Waals surface area contributed by atoms with Crippen molar-refractivity contribution < 1.29 is 0 Å². The highest BCUT2D eigenvalue weighted by Crippen LogP contribution is 2.13. The minimum atomic E-state index is 0.424. The van der Waals surface area contributed by atoms with E-state index in [1.54, 1.807) is 0 Å². The highest BCUT2D eigenvalue weighted by Gasteiger charge is 2.18. The van der Waals surface area contributed by atoms with E-state index in [2.05, 4.69) is 66.1 Å². The molecule has 1 unspecified atom stereocenters. The van der Waals surface area contributed by atoms with E-state index in [0.29, 0.717) is 12.0 Å². The molecule has 122 valence electrons. The molecule has 2 rings (SSSR count). The number of piperazine rings is 1. The minimum Gasteiger partial charge on any atom is -0.370 e. The van der Waals surface area contributed by atoms with Gasteiger partial charge in [0.25, 0.3) is 0 Å². The first-order valence-electron chi connectivity index (χ1n) is 8.02. The molecule has 0 amide bonds. The molecule has 1 heterocycles. The molecule has 0 radical (unpaired) electrons. The average Bonchev–Trinajstić information content (AvgIpc) is 2.44. The van der Waals surface area contributed by atoms with Gasteiger partial charge in [-0.2, -0.15) is 0 Å². The number of nitrogens with two attached hydrogens (primary N) is 1. The van der Waals surface area contributed by atoms with E-state index in [-0.39, 0.29) is 0 Å². The number of nitrogens with zero attached hydrogens (tertiary/aromatic N) is 3. The van der Waals surface area contributed by atoms with Gasteiger partial charge in [-0.25, -0.2) is 0 Å². The number of benzene rings is 1. The molecule has 0 saturated carbocycles. The van der Waals surface area contributed by atoms with E-state index in [1.165, 1.54) is 11.1 Å². The fourth-order valence-corrected chi connectivity index (χ4v) is 2.84. The summed E-state index contributed by atoms with van der Waals surface area (Å²) in [5.41, 5.74) is 9.47. The smallest absolute Gasteiger partial charge is 0.193 e. The zero-order valence-electron chi connectivity index (χ0n) is 14.3. The van der Waals surface area contributed by atoms with Crippen LogP contribution in [-0.4, -0.2) is 61.6 Å². The van der Waals surface area contributed by atoms with Gasteiger partial charge in [0, 0.05) is 37.9 Å². The number of rotatable bonds is 4. The van der Waals surface area contributed by atoms with E-state index in [4.69, 9.17) is 5.73 Å². The van der Waals surface area contributed by atoms with Crippen LogP contribution in [0.2, 0.25) is 0 Å². The Bertz CT molecular complexity index is 498. The van der Waals surface area contributed by atoms with Gasteiger partial charge in [-0.1, -0.05) is 6.07 Å². The molecule has 0 aliphatic carbocycles. The van der Waals surface area contributed by atoms with Crippen LogP contribution in [0.5, 0.6) is 0 Å². The number of guanidine groups is 1. The summed E-state index contributed by atoms with van der Waals surface area (Å²) < 4.78 is 0. The van der Waals surface area contributed by atoms with Crippen molar-refractivity contribution in [2.75, 3.05) is 45.1 Å². The zero-order chi connectivity index (χ0) is 16.1. The Labute approximate surface area is 134 Å². The number of aryl methyl sites for hydroxylation is 2. The van der Waals surface area contributed by atoms with Gasteiger partial charge in [0.05, 0.1) is 6.54 Å². The van der Waals surface area contributed by atoms with Crippen molar-refractivity contribution in [3.8, 4) is 0 Å². The lowest BCUT2D eigenvalue weighted by molar-refractivity contribution is 0.122. The topological polar surface area (TPSA) is 56.9 Å². The van der Waals surface area contributed by atoms with Crippen LogP contribution >= 0.6 is 0 Å². The quantitative estimate of drug-likeness (QED) is 0.656. The second kappa shape index (κ2) is 7.61. The maximum Gasteiger partial charge on any atom is 0.193 e. The number of hydrogen-bond acceptors (Lipinski definition) is 3. The Hall–Kier alpha value is -1.59. The summed E-state index contributed by atoms with van der Waals surface area (Å²) in [6, 6.07) is 6.74. The Kier molecular flexibility index (Phi) is 5.80. The predicted octanol–water partition coefficient (Wildman–Crippen LogP) is 1.67. The highest BCUT2D eigenvalue weighted by atomic mass is 15.3. The maximum atomic E-state index is 6.02. The fourth-order valence-electron chi connectivity index (χ4n) is 2.84. The molecule has 5 heteroatoms. The second-order valence-electron chi connectivity index (χ2n) is 6.42. The third-order valence-electron chi connectivity index (χ3n) is 4.18. The van der Waals surface area contributed by atoms with Crippen molar-refractivity contribution in [3.63, 3.8) is 0 Å². The average molecular weight is 303 g/mol. The normalized spacial score (nSPS) is 19.2. The molecule has 0 bridgehead atoms. The first-order chi connectivity index (χ1) is 10.4. The largest absolute Gasteiger partial charge is 0.370 e. The number of nitrogens with one attached hydrogen (secondary N) is 1. The molecule has 1 aliphatic rings. The summed E-state index contributed by atoms with van der Waals surface area (Å²) in [7, 11) is 2.17. The lowest BCUT2D eigenvalue weighted by Crippen LogP contribution is -2.49. The van der Waals surface area contributed by atoms with Crippen LogP contribution < -0.4 is 11.1 Å². The van der Waals surface area contributed by atoms with Crippen LogP contribution in [0.15, 0.2) is 23.2 Å². The summed E-state index contributed by atoms with van der Waals surface area (Å²) >= 11 is 0. The van der Waals surface area contributed by atoms with Crippen molar-refractivity contribution in [3.05, 3.63) is 29.3 Å². The summed E-state index contributed by atoms with van der Waals surface area (Å²) in [6.45, 7) is 11.6. The zero-order valence-corrected chi connectivity index (χ0v) is 14.3. The molecule has 1 fully saturated rings. The summed E-state index contributed by atoms with van der Waals surface area (Å²) in [5.74, 6) is 0.492. The highest BCUT2D eigenvalue weighted by molar-refractivity contribution is 5.92. The van der Waals surface area contributed by atoms with Gasteiger partial charge in [-0.3, -0.25) is 9.89 Å². The van der Waals surface area contributed by atoms with Crippen LogP contribution in [0.25, 0.3) is 0 Å². The van der Waals surface area contributed by atoms with Gasteiger partial charge in [0.15, 0.2) is 5.96 Å². The van der Waals surface area contributed by atoms with Crippen LogP contribution in [0, 0.1) is 13.8 Å². The molecule has 1 saturated heterocycles. The van der Waals surface area contributed by atoms with Gasteiger partial charge in [-0.05, 0) is 51.1 Å². The predicted molar refractivity (Wildman–Crippen MR) is 94.6 cm³/mol. The third kappa shape index (κ3) is 5.00. The van der Waals surface area contributed by atoms with E-state index in [9.17, 15) is 0 Å². The third-order valence-corrected chi connectivity index (χ3v) is 4.18.